The van der Waals surface area contributed by atoms with Gasteiger partial charge in [-0.15, -0.1) is 13.2 Å². The van der Waals surface area contributed by atoms with Crippen molar-refractivity contribution in [2.45, 2.75) is 11.5 Å². The number of hydrogen-bond donors (Lipinski definition) is 4. The zero-order valence-electron chi connectivity index (χ0n) is 16.6. The van der Waals surface area contributed by atoms with E-state index in [0.717, 1.165) is 23.9 Å². The van der Waals surface area contributed by atoms with Crippen LogP contribution in [0.4, 0.5) is 30.4 Å². The van der Waals surface area contributed by atoms with Crippen LogP contribution in [-0.4, -0.2) is 33.9 Å². The highest BCUT2D eigenvalue weighted by atomic mass is 32.2. The molecule has 2 amide bonds. The second kappa shape index (κ2) is 10.1. The van der Waals surface area contributed by atoms with Crippen LogP contribution in [0.2, 0.25) is 0 Å². The second-order valence-corrected chi connectivity index (χ2v) is 7.32. The van der Waals surface area contributed by atoms with E-state index in [9.17, 15) is 27.6 Å². The van der Waals surface area contributed by atoms with Gasteiger partial charge in [-0.05, 0) is 36.4 Å². The Morgan fingerprint density at radius 3 is 2.33 bits per heavy atom. The molecule has 0 aliphatic carbocycles. The maximum Gasteiger partial charge on any atom is 0.573 e. The molecule has 1 aromatic heterocycles. The minimum Gasteiger partial charge on any atom is -0.406 e. The smallest absolute Gasteiger partial charge is 0.406 e. The molecule has 2 aromatic carbocycles. The van der Waals surface area contributed by atoms with Crippen molar-refractivity contribution in [1.82, 2.24) is 9.97 Å². The number of anilines is 3. The van der Waals surface area contributed by atoms with Crippen LogP contribution in [0.1, 0.15) is 10.4 Å². The van der Waals surface area contributed by atoms with Crippen molar-refractivity contribution < 1.29 is 27.5 Å². The van der Waals surface area contributed by atoms with Gasteiger partial charge < -0.3 is 21.1 Å². The lowest BCUT2D eigenvalue weighted by Gasteiger charge is -2.10. The minimum atomic E-state index is -4.81. The predicted molar refractivity (Wildman–Crippen MR) is 116 cm³/mol. The number of nitrogen functional groups attached to an aromatic ring is 1. The average molecular weight is 479 g/mol. The van der Waals surface area contributed by atoms with Crippen LogP contribution in [0.15, 0.2) is 64.5 Å². The molecule has 3 rings (SSSR count). The second-order valence-electron chi connectivity index (χ2n) is 6.36. The van der Waals surface area contributed by atoms with Crippen LogP contribution in [0, 0.1) is 0 Å². The molecule has 0 atom stereocenters. The van der Waals surface area contributed by atoms with E-state index in [1.807, 2.05) is 0 Å². The standard InChI is InChI=1S/C20H16F3N5O4S/c21-20(22,23)32-13-8-6-12(7-9-13)25-14(29)10-33-19-27-16(24)15(18(31)28-19)26-17(30)11-4-2-1-3-5-11/h1-9H,10H2,(H,25,29)(H,26,30)(H3,24,27,28,31). The minimum absolute atomic E-state index is 0.0410. The molecule has 172 valence electrons. The van der Waals surface area contributed by atoms with Crippen molar-refractivity contribution in [1.29, 1.82) is 0 Å². The number of ether oxygens (including phenoxy) is 1. The number of benzene rings is 2. The number of aromatic nitrogens is 2. The molecule has 3 aromatic rings. The van der Waals surface area contributed by atoms with Crippen LogP contribution in [0.5, 0.6) is 5.75 Å². The molecule has 0 spiro atoms. The van der Waals surface area contributed by atoms with Crippen molar-refractivity contribution in [2.24, 2.45) is 0 Å². The zero-order chi connectivity index (χ0) is 24.0. The van der Waals surface area contributed by atoms with E-state index in [2.05, 4.69) is 25.3 Å². The number of halogens is 3. The molecule has 0 saturated heterocycles. The normalized spacial score (nSPS) is 11.0. The average Bonchev–Trinajstić information content (AvgIpc) is 2.75. The van der Waals surface area contributed by atoms with E-state index in [4.69, 9.17) is 5.73 Å². The summed E-state index contributed by atoms with van der Waals surface area (Å²) in [6, 6.07) is 12.8. The first-order valence-electron chi connectivity index (χ1n) is 9.15. The van der Waals surface area contributed by atoms with E-state index in [-0.39, 0.29) is 28.1 Å². The number of thioether (sulfide) groups is 1. The lowest BCUT2D eigenvalue weighted by atomic mass is 10.2. The van der Waals surface area contributed by atoms with Crippen molar-refractivity contribution in [3.63, 3.8) is 0 Å². The molecule has 0 unspecified atom stereocenters. The Morgan fingerprint density at radius 1 is 1.06 bits per heavy atom. The SMILES string of the molecule is Nc1nc(SCC(=O)Nc2ccc(OC(F)(F)F)cc2)[nH]c(=O)c1NC(=O)c1ccccc1. The molecular weight excluding hydrogens is 463 g/mol. The lowest BCUT2D eigenvalue weighted by Crippen LogP contribution is -2.23. The van der Waals surface area contributed by atoms with E-state index in [0.29, 0.717) is 5.56 Å². The Kier molecular flexibility index (Phi) is 7.23. The van der Waals surface area contributed by atoms with Gasteiger partial charge in [0.15, 0.2) is 11.0 Å². The number of rotatable bonds is 7. The number of carbonyl (C=O) groups is 2. The van der Waals surface area contributed by atoms with Gasteiger partial charge in [-0.3, -0.25) is 19.4 Å². The molecule has 0 aliphatic rings. The van der Waals surface area contributed by atoms with Gasteiger partial charge in [-0.25, -0.2) is 4.98 Å². The van der Waals surface area contributed by atoms with Crippen LogP contribution in [0.3, 0.4) is 0 Å². The summed E-state index contributed by atoms with van der Waals surface area (Å²) >= 11 is 0.866. The third-order valence-electron chi connectivity index (χ3n) is 3.91. The molecule has 0 bridgehead atoms. The number of alkyl halides is 3. The van der Waals surface area contributed by atoms with Gasteiger partial charge in [0.05, 0.1) is 5.75 Å². The number of nitrogens with two attached hydrogens (primary N) is 1. The summed E-state index contributed by atoms with van der Waals surface area (Å²) < 4.78 is 40.3. The molecule has 9 nitrogen and oxygen atoms in total. The molecule has 1 heterocycles. The number of carbonyl (C=O) groups excluding carboxylic acids is 2. The molecule has 0 saturated carbocycles. The number of H-pyrrole nitrogens is 1. The number of aromatic amines is 1. The monoisotopic (exact) mass is 479 g/mol. The molecule has 13 heteroatoms. The fraction of sp³-hybridized carbons (Fsp3) is 0.100. The van der Waals surface area contributed by atoms with Crippen molar-refractivity contribution in [3.8, 4) is 5.75 Å². The molecule has 0 radical (unpaired) electrons. The molecule has 0 aliphatic heterocycles. The Labute approximate surface area is 188 Å². The number of amides is 2. The van der Waals surface area contributed by atoms with E-state index in [1.165, 1.54) is 12.1 Å². The number of hydrogen-bond acceptors (Lipinski definition) is 7. The summed E-state index contributed by atoms with van der Waals surface area (Å²) in [6.07, 6.45) is -4.81. The highest BCUT2D eigenvalue weighted by Gasteiger charge is 2.31. The third kappa shape index (κ3) is 7.00. The summed E-state index contributed by atoms with van der Waals surface area (Å²) in [5.74, 6) is -1.88. The van der Waals surface area contributed by atoms with E-state index in [1.54, 1.807) is 30.3 Å². The van der Waals surface area contributed by atoms with Gasteiger partial charge in [0.25, 0.3) is 11.5 Å². The Morgan fingerprint density at radius 2 is 1.73 bits per heavy atom. The number of nitrogens with one attached hydrogen (secondary N) is 3. The highest BCUT2D eigenvalue weighted by Crippen LogP contribution is 2.24. The first-order chi connectivity index (χ1) is 15.6. The van der Waals surface area contributed by atoms with Gasteiger partial charge >= 0.3 is 6.36 Å². The summed E-state index contributed by atoms with van der Waals surface area (Å²) in [4.78, 5) is 43.0. The van der Waals surface area contributed by atoms with Gasteiger partial charge in [-0.1, -0.05) is 30.0 Å². The van der Waals surface area contributed by atoms with Gasteiger partial charge in [0.2, 0.25) is 5.91 Å². The maximum atomic E-state index is 12.3. The maximum absolute atomic E-state index is 12.3. The largest absolute Gasteiger partial charge is 0.573 e. The Hall–Kier alpha value is -4.00. The van der Waals surface area contributed by atoms with Crippen LogP contribution >= 0.6 is 11.8 Å². The van der Waals surface area contributed by atoms with Gasteiger partial charge in [0, 0.05) is 11.3 Å². The first kappa shape index (κ1) is 23.7. The Bertz CT molecular complexity index is 1200. The van der Waals surface area contributed by atoms with E-state index >= 15 is 0 Å². The summed E-state index contributed by atoms with van der Waals surface area (Å²) in [7, 11) is 0. The van der Waals surface area contributed by atoms with Gasteiger partial charge in [0.1, 0.15) is 11.4 Å². The Balaban J connectivity index is 1.57. The van der Waals surface area contributed by atoms with Crippen LogP contribution in [0.25, 0.3) is 0 Å². The summed E-state index contributed by atoms with van der Waals surface area (Å²) in [6.45, 7) is 0. The van der Waals surface area contributed by atoms with Crippen molar-refractivity contribution in [3.05, 3.63) is 70.5 Å². The van der Waals surface area contributed by atoms with E-state index < -0.39 is 29.5 Å². The summed E-state index contributed by atoms with van der Waals surface area (Å²) in [5.41, 5.74) is 5.43. The molecular formula is C20H16F3N5O4S. The predicted octanol–water partition coefficient (Wildman–Crippen LogP) is 3.23. The van der Waals surface area contributed by atoms with Crippen LogP contribution < -0.4 is 26.7 Å². The fourth-order valence-electron chi connectivity index (χ4n) is 2.50. The first-order valence-corrected chi connectivity index (χ1v) is 10.1. The topological polar surface area (TPSA) is 139 Å². The highest BCUT2D eigenvalue weighted by molar-refractivity contribution is 7.99. The third-order valence-corrected chi connectivity index (χ3v) is 4.79. The molecule has 5 N–H and O–H groups in total. The van der Waals surface area contributed by atoms with Crippen LogP contribution in [-0.2, 0) is 4.79 Å². The fourth-order valence-corrected chi connectivity index (χ4v) is 3.17. The number of nitrogens with zero attached hydrogens (tertiary/aromatic N) is 1. The lowest BCUT2D eigenvalue weighted by molar-refractivity contribution is -0.274. The summed E-state index contributed by atoms with van der Waals surface area (Å²) in [5, 5.41) is 4.92. The van der Waals surface area contributed by atoms with Gasteiger partial charge in [-0.2, -0.15) is 0 Å². The molecule has 33 heavy (non-hydrogen) atoms. The molecule has 0 fully saturated rings. The zero-order valence-corrected chi connectivity index (χ0v) is 17.4. The quantitative estimate of drug-likeness (QED) is 0.301. The van der Waals surface area contributed by atoms with Crippen molar-refractivity contribution in [2.75, 3.05) is 22.1 Å². The van der Waals surface area contributed by atoms with Crippen molar-refractivity contribution >= 4 is 40.8 Å².